The molecule has 2 heterocycles. The number of aryl methyl sites for hydroxylation is 2. The van der Waals surface area contributed by atoms with Crippen LogP contribution in [0.2, 0.25) is 0 Å². The molecule has 2 aromatic rings. The molecule has 0 aromatic carbocycles. The van der Waals surface area contributed by atoms with Crippen LogP contribution in [0, 0.1) is 32.6 Å². The zero-order chi connectivity index (χ0) is 15.2. The number of nitrogens with zero attached hydrogens (tertiary/aromatic N) is 2. The fourth-order valence-corrected chi connectivity index (χ4v) is 3.49. The molecule has 0 aliphatic carbocycles. The third-order valence-electron chi connectivity index (χ3n) is 3.08. The first-order valence-corrected chi connectivity index (χ1v) is 8.58. The SMILES string of the molecule is Cc1nc(SCc2cc(C#CCCO)cs2)nc(C)c1C. The van der Waals surface area contributed by atoms with Crippen molar-refractivity contribution in [3.63, 3.8) is 0 Å². The highest BCUT2D eigenvalue weighted by molar-refractivity contribution is 7.98. The molecule has 2 rings (SSSR count). The quantitative estimate of drug-likeness (QED) is 0.532. The van der Waals surface area contributed by atoms with Crippen LogP contribution in [0.15, 0.2) is 16.6 Å². The second-order valence-corrected chi connectivity index (χ2v) is 6.61. The van der Waals surface area contributed by atoms with Crippen molar-refractivity contribution in [2.24, 2.45) is 0 Å². The van der Waals surface area contributed by atoms with Gasteiger partial charge in [0.05, 0.1) is 6.61 Å². The normalized spacial score (nSPS) is 10.3. The number of thioether (sulfide) groups is 1. The second kappa shape index (κ2) is 7.60. The average molecular weight is 318 g/mol. The van der Waals surface area contributed by atoms with E-state index in [2.05, 4.69) is 34.8 Å². The summed E-state index contributed by atoms with van der Waals surface area (Å²) in [5, 5.41) is 11.6. The summed E-state index contributed by atoms with van der Waals surface area (Å²) in [5.41, 5.74) is 4.27. The molecule has 0 saturated carbocycles. The maximum atomic E-state index is 8.71. The Balaban J connectivity index is 1.99. The van der Waals surface area contributed by atoms with E-state index in [4.69, 9.17) is 5.11 Å². The van der Waals surface area contributed by atoms with Crippen molar-refractivity contribution >= 4 is 23.1 Å². The molecule has 21 heavy (non-hydrogen) atoms. The molecule has 0 spiro atoms. The molecule has 0 fully saturated rings. The number of hydrogen-bond donors (Lipinski definition) is 1. The highest BCUT2D eigenvalue weighted by Crippen LogP contribution is 2.25. The van der Waals surface area contributed by atoms with Gasteiger partial charge < -0.3 is 5.11 Å². The Kier molecular flexibility index (Phi) is 5.80. The molecule has 0 saturated heterocycles. The number of aliphatic hydroxyl groups is 1. The summed E-state index contributed by atoms with van der Waals surface area (Å²) < 4.78 is 0. The van der Waals surface area contributed by atoms with E-state index >= 15 is 0 Å². The minimum absolute atomic E-state index is 0.114. The Morgan fingerprint density at radius 1 is 1.24 bits per heavy atom. The summed E-state index contributed by atoms with van der Waals surface area (Å²) >= 11 is 3.35. The minimum Gasteiger partial charge on any atom is -0.395 e. The predicted molar refractivity (Wildman–Crippen MR) is 88.7 cm³/mol. The Labute approximate surface area is 133 Å². The average Bonchev–Trinajstić information content (AvgIpc) is 2.90. The van der Waals surface area contributed by atoms with Gasteiger partial charge in [-0.1, -0.05) is 23.6 Å². The lowest BCUT2D eigenvalue weighted by molar-refractivity contribution is 0.305. The number of hydrogen-bond acceptors (Lipinski definition) is 5. The highest BCUT2D eigenvalue weighted by atomic mass is 32.2. The van der Waals surface area contributed by atoms with Crippen LogP contribution in [0.3, 0.4) is 0 Å². The van der Waals surface area contributed by atoms with E-state index in [1.165, 1.54) is 4.88 Å². The molecule has 0 aliphatic rings. The van der Waals surface area contributed by atoms with E-state index in [1.54, 1.807) is 23.1 Å². The standard InChI is InChI=1S/C16H18N2OS2/c1-11-12(2)17-16(18-13(11)3)21-10-15-8-14(9-20-15)6-4-5-7-19/h8-9,19H,5,7,10H2,1-3H3. The van der Waals surface area contributed by atoms with Crippen LogP contribution in [0.4, 0.5) is 0 Å². The van der Waals surface area contributed by atoms with Gasteiger partial charge in [-0.15, -0.1) is 11.3 Å². The second-order valence-electron chi connectivity index (χ2n) is 4.67. The highest BCUT2D eigenvalue weighted by Gasteiger charge is 2.06. The number of rotatable bonds is 4. The molecular weight excluding hydrogens is 300 g/mol. The van der Waals surface area contributed by atoms with Crippen LogP contribution in [0.5, 0.6) is 0 Å². The van der Waals surface area contributed by atoms with E-state index in [0.717, 1.165) is 33.4 Å². The first kappa shape index (κ1) is 16.0. The Bertz CT molecular complexity index is 660. The summed E-state index contributed by atoms with van der Waals surface area (Å²) in [6, 6.07) is 2.09. The molecule has 0 bridgehead atoms. The van der Waals surface area contributed by atoms with Crippen molar-refractivity contribution in [1.82, 2.24) is 9.97 Å². The molecule has 2 aromatic heterocycles. The topological polar surface area (TPSA) is 46.0 Å². The van der Waals surface area contributed by atoms with Crippen molar-refractivity contribution < 1.29 is 5.11 Å². The monoisotopic (exact) mass is 318 g/mol. The van der Waals surface area contributed by atoms with Crippen LogP contribution < -0.4 is 0 Å². The van der Waals surface area contributed by atoms with Gasteiger partial charge in [-0.05, 0) is 32.4 Å². The number of thiophene rings is 1. The molecule has 0 unspecified atom stereocenters. The molecule has 1 N–H and O–H groups in total. The first-order valence-electron chi connectivity index (χ1n) is 6.72. The zero-order valence-corrected chi connectivity index (χ0v) is 14.1. The molecule has 0 amide bonds. The van der Waals surface area contributed by atoms with Crippen molar-refractivity contribution in [2.75, 3.05) is 6.61 Å². The van der Waals surface area contributed by atoms with Gasteiger partial charge in [0.15, 0.2) is 5.16 Å². The van der Waals surface area contributed by atoms with Gasteiger partial charge in [0.25, 0.3) is 0 Å². The Morgan fingerprint density at radius 2 is 1.95 bits per heavy atom. The van der Waals surface area contributed by atoms with Crippen LogP contribution in [-0.4, -0.2) is 21.7 Å². The minimum atomic E-state index is 0.114. The largest absolute Gasteiger partial charge is 0.395 e. The van der Waals surface area contributed by atoms with E-state index in [9.17, 15) is 0 Å². The van der Waals surface area contributed by atoms with Crippen molar-refractivity contribution in [3.8, 4) is 11.8 Å². The van der Waals surface area contributed by atoms with Crippen molar-refractivity contribution in [3.05, 3.63) is 38.8 Å². The summed E-state index contributed by atoms with van der Waals surface area (Å²) in [4.78, 5) is 10.3. The summed E-state index contributed by atoms with van der Waals surface area (Å²) in [7, 11) is 0. The van der Waals surface area contributed by atoms with E-state index in [0.29, 0.717) is 6.42 Å². The van der Waals surface area contributed by atoms with Gasteiger partial charge in [-0.25, -0.2) is 9.97 Å². The number of aliphatic hydroxyl groups excluding tert-OH is 1. The molecule has 5 heteroatoms. The summed E-state index contributed by atoms with van der Waals surface area (Å²) in [6.45, 7) is 6.21. The van der Waals surface area contributed by atoms with Gasteiger partial charge in [-0.3, -0.25) is 0 Å². The lowest BCUT2D eigenvalue weighted by Gasteiger charge is -2.05. The van der Waals surface area contributed by atoms with Crippen LogP contribution in [0.1, 0.15) is 33.8 Å². The molecule has 0 atom stereocenters. The molecule has 3 nitrogen and oxygen atoms in total. The maximum absolute atomic E-state index is 8.71. The smallest absolute Gasteiger partial charge is 0.188 e. The van der Waals surface area contributed by atoms with Crippen LogP contribution >= 0.6 is 23.1 Å². The Morgan fingerprint density at radius 3 is 2.62 bits per heavy atom. The van der Waals surface area contributed by atoms with Crippen molar-refractivity contribution in [2.45, 2.75) is 38.1 Å². The summed E-state index contributed by atoms with van der Waals surface area (Å²) in [6.07, 6.45) is 0.524. The predicted octanol–water partition coefficient (Wildman–Crippen LogP) is 3.49. The van der Waals surface area contributed by atoms with Crippen molar-refractivity contribution in [1.29, 1.82) is 0 Å². The van der Waals surface area contributed by atoms with E-state index < -0.39 is 0 Å². The van der Waals surface area contributed by atoms with Crippen LogP contribution in [-0.2, 0) is 5.75 Å². The lowest BCUT2D eigenvalue weighted by atomic mass is 10.2. The van der Waals surface area contributed by atoms with Gasteiger partial charge in [-0.2, -0.15) is 0 Å². The third-order valence-corrected chi connectivity index (χ3v) is 5.09. The molecular formula is C16H18N2OS2. The number of aromatic nitrogens is 2. The molecule has 0 aliphatic heterocycles. The third kappa shape index (κ3) is 4.57. The van der Waals surface area contributed by atoms with E-state index in [-0.39, 0.29) is 6.61 Å². The lowest BCUT2D eigenvalue weighted by Crippen LogP contribution is -1.97. The fraction of sp³-hybridized carbons (Fsp3) is 0.375. The van der Waals surface area contributed by atoms with Gasteiger partial charge in [0.2, 0.25) is 0 Å². The molecule has 0 radical (unpaired) electrons. The van der Waals surface area contributed by atoms with Gasteiger partial charge >= 0.3 is 0 Å². The molecule has 110 valence electrons. The fourth-order valence-electron chi connectivity index (χ4n) is 1.68. The zero-order valence-electron chi connectivity index (χ0n) is 12.4. The van der Waals surface area contributed by atoms with Crippen LogP contribution in [0.25, 0.3) is 0 Å². The van der Waals surface area contributed by atoms with E-state index in [1.807, 2.05) is 19.2 Å². The Hall–Kier alpha value is -1.35. The first-order chi connectivity index (χ1) is 10.1. The van der Waals surface area contributed by atoms with Gasteiger partial charge in [0, 0.05) is 39.4 Å². The summed E-state index contributed by atoms with van der Waals surface area (Å²) in [5.74, 6) is 6.84. The maximum Gasteiger partial charge on any atom is 0.188 e. The van der Waals surface area contributed by atoms with Gasteiger partial charge in [0.1, 0.15) is 0 Å².